The van der Waals surface area contributed by atoms with Gasteiger partial charge in [-0.2, -0.15) is 0 Å². The SMILES string of the molecule is CC1(C)c2ccccc2-c2ccc(C3(c4ccccc4)c4ccccc4-c4ccc(N(c5ccc(-c6ccccc6)cc5)c5ccccc5-c5ccccc5)cc43)cc21. The van der Waals surface area contributed by atoms with Crippen LogP contribution in [0.5, 0.6) is 0 Å². The van der Waals surface area contributed by atoms with Crippen molar-refractivity contribution in [2.75, 3.05) is 4.90 Å². The third kappa shape index (κ3) is 5.39. The lowest BCUT2D eigenvalue weighted by Gasteiger charge is -2.36. The Kier molecular flexibility index (Phi) is 8.13. The van der Waals surface area contributed by atoms with Gasteiger partial charge in [-0.1, -0.05) is 208 Å². The zero-order chi connectivity index (χ0) is 39.6. The molecule has 0 amide bonds. The van der Waals surface area contributed by atoms with Crippen LogP contribution in [0.25, 0.3) is 44.5 Å². The van der Waals surface area contributed by atoms with E-state index in [0.29, 0.717) is 0 Å². The minimum Gasteiger partial charge on any atom is -0.310 e. The van der Waals surface area contributed by atoms with Gasteiger partial charge in [-0.05, 0) is 103 Å². The molecule has 2 aliphatic carbocycles. The van der Waals surface area contributed by atoms with E-state index in [1.807, 2.05) is 0 Å². The van der Waals surface area contributed by atoms with Gasteiger partial charge in [-0.3, -0.25) is 0 Å². The lowest BCUT2D eigenvalue weighted by atomic mass is 9.66. The number of hydrogen-bond acceptors (Lipinski definition) is 1. The molecule has 0 fully saturated rings. The van der Waals surface area contributed by atoms with Crippen LogP contribution in [0, 0.1) is 0 Å². The maximum absolute atomic E-state index is 2.53. The predicted octanol–water partition coefficient (Wildman–Crippen LogP) is 15.2. The minimum atomic E-state index is -0.565. The van der Waals surface area contributed by atoms with Crippen molar-refractivity contribution in [1.82, 2.24) is 0 Å². The second-order valence-electron chi connectivity index (χ2n) is 16.5. The molecule has 9 aromatic carbocycles. The van der Waals surface area contributed by atoms with E-state index in [0.717, 1.165) is 17.1 Å². The summed E-state index contributed by atoms with van der Waals surface area (Å²) in [6.07, 6.45) is 0. The molecule has 1 atom stereocenters. The Morgan fingerprint density at radius 2 is 0.797 bits per heavy atom. The van der Waals surface area contributed by atoms with Crippen LogP contribution in [0.1, 0.15) is 47.2 Å². The quantitative estimate of drug-likeness (QED) is 0.157. The zero-order valence-corrected chi connectivity index (χ0v) is 33.3. The molecule has 11 rings (SSSR count). The summed E-state index contributed by atoms with van der Waals surface area (Å²) in [5.74, 6) is 0. The monoisotopic (exact) mass is 753 g/mol. The lowest BCUT2D eigenvalue weighted by molar-refractivity contribution is 0.655. The van der Waals surface area contributed by atoms with Crippen molar-refractivity contribution in [3.8, 4) is 44.5 Å². The van der Waals surface area contributed by atoms with Crippen molar-refractivity contribution < 1.29 is 0 Å². The highest BCUT2D eigenvalue weighted by molar-refractivity contribution is 5.93. The Hall–Kier alpha value is -7.22. The fourth-order valence-electron chi connectivity index (χ4n) is 10.2. The molecule has 9 aromatic rings. The standard InChI is InChI=1S/C58H43N/c1-57(2)52-27-15-12-25-48(52)50-36-32-44(38-54(50)57)58(43-22-10-5-11-23-43)53-28-16-13-26-49(53)51-37-35-46(39-55(51)58)59(45-33-30-41(31-34-45)40-18-6-3-7-19-40)56-29-17-14-24-47(56)42-20-8-4-9-21-42/h3-39H,1-2H3. The molecule has 2 aliphatic rings. The fourth-order valence-corrected chi connectivity index (χ4v) is 10.2. The van der Waals surface area contributed by atoms with Crippen molar-refractivity contribution in [3.63, 3.8) is 0 Å². The first-order valence-corrected chi connectivity index (χ1v) is 20.7. The van der Waals surface area contributed by atoms with Crippen LogP contribution in [-0.4, -0.2) is 0 Å². The van der Waals surface area contributed by atoms with Crippen LogP contribution >= 0.6 is 0 Å². The van der Waals surface area contributed by atoms with E-state index in [1.165, 1.54) is 77.9 Å². The third-order valence-corrected chi connectivity index (χ3v) is 13.0. The minimum absolute atomic E-state index is 0.132. The summed E-state index contributed by atoms with van der Waals surface area (Å²) in [7, 11) is 0. The molecule has 0 saturated heterocycles. The van der Waals surface area contributed by atoms with Crippen LogP contribution in [0.2, 0.25) is 0 Å². The summed E-state index contributed by atoms with van der Waals surface area (Å²) < 4.78 is 0. The molecular weight excluding hydrogens is 711 g/mol. The van der Waals surface area contributed by atoms with E-state index in [4.69, 9.17) is 0 Å². The molecule has 0 aromatic heterocycles. The van der Waals surface area contributed by atoms with Gasteiger partial charge in [-0.25, -0.2) is 0 Å². The van der Waals surface area contributed by atoms with Gasteiger partial charge in [0.05, 0.1) is 11.1 Å². The second-order valence-corrected chi connectivity index (χ2v) is 16.5. The molecule has 1 nitrogen and oxygen atoms in total. The first-order chi connectivity index (χ1) is 29.0. The molecule has 0 N–H and O–H groups in total. The second kappa shape index (κ2) is 13.7. The molecule has 0 aliphatic heterocycles. The average Bonchev–Trinajstić information content (AvgIpc) is 3.73. The van der Waals surface area contributed by atoms with Crippen molar-refractivity contribution in [1.29, 1.82) is 0 Å². The molecule has 59 heavy (non-hydrogen) atoms. The predicted molar refractivity (Wildman–Crippen MR) is 247 cm³/mol. The molecular formula is C58H43N. The summed E-state index contributed by atoms with van der Waals surface area (Å²) in [6.45, 7) is 4.77. The first-order valence-electron chi connectivity index (χ1n) is 20.7. The Balaban J connectivity index is 1.17. The van der Waals surface area contributed by atoms with Gasteiger partial charge < -0.3 is 4.90 Å². The number of para-hydroxylation sites is 1. The Morgan fingerprint density at radius 3 is 1.51 bits per heavy atom. The zero-order valence-electron chi connectivity index (χ0n) is 33.3. The molecule has 280 valence electrons. The van der Waals surface area contributed by atoms with Crippen molar-refractivity contribution in [3.05, 3.63) is 258 Å². The molecule has 0 saturated carbocycles. The van der Waals surface area contributed by atoms with Gasteiger partial charge in [0.15, 0.2) is 0 Å². The maximum atomic E-state index is 2.53. The van der Waals surface area contributed by atoms with E-state index in [-0.39, 0.29) is 5.41 Å². The van der Waals surface area contributed by atoms with Gasteiger partial charge in [0.2, 0.25) is 0 Å². The number of nitrogens with zero attached hydrogens (tertiary/aromatic N) is 1. The van der Waals surface area contributed by atoms with Crippen LogP contribution in [0.4, 0.5) is 17.1 Å². The first kappa shape index (κ1) is 35.0. The largest absolute Gasteiger partial charge is 0.310 e. The number of benzene rings is 9. The van der Waals surface area contributed by atoms with Crippen LogP contribution in [-0.2, 0) is 10.8 Å². The van der Waals surface area contributed by atoms with Crippen molar-refractivity contribution in [2.45, 2.75) is 24.7 Å². The number of hydrogen-bond donors (Lipinski definition) is 0. The third-order valence-electron chi connectivity index (χ3n) is 13.0. The lowest BCUT2D eigenvalue weighted by Crippen LogP contribution is -2.29. The topological polar surface area (TPSA) is 3.24 Å². The Bertz CT molecular complexity index is 3000. The van der Waals surface area contributed by atoms with E-state index in [1.54, 1.807) is 0 Å². The van der Waals surface area contributed by atoms with E-state index in [9.17, 15) is 0 Å². The number of anilines is 3. The highest BCUT2D eigenvalue weighted by atomic mass is 15.1. The highest BCUT2D eigenvalue weighted by Crippen LogP contribution is 2.59. The maximum Gasteiger partial charge on any atom is 0.0714 e. The molecule has 1 unspecified atom stereocenters. The summed E-state index contributed by atoms with van der Waals surface area (Å²) in [6, 6.07) is 83.0. The summed E-state index contributed by atoms with van der Waals surface area (Å²) in [4.78, 5) is 2.46. The number of rotatable bonds is 7. The van der Waals surface area contributed by atoms with E-state index >= 15 is 0 Å². The van der Waals surface area contributed by atoms with E-state index < -0.39 is 5.41 Å². The van der Waals surface area contributed by atoms with E-state index in [2.05, 4.69) is 243 Å². The van der Waals surface area contributed by atoms with Gasteiger partial charge in [-0.15, -0.1) is 0 Å². The molecule has 0 radical (unpaired) electrons. The molecule has 1 heteroatoms. The van der Waals surface area contributed by atoms with Crippen LogP contribution in [0.15, 0.2) is 224 Å². The Labute approximate surface area is 347 Å². The summed E-state index contributed by atoms with van der Waals surface area (Å²) in [5.41, 5.74) is 20.6. The number of fused-ring (bicyclic) bond motifs is 6. The highest BCUT2D eigenvalue weighted by Gasteiger charge is 2.47. The van der Waals surface area contributed by atoms with Crippen molar-refractivity contribution in [2.24, 2.45) is 0 Å². The molecule has 0 heterocycles. The van der Waals surface area contributed by atoms with Crippen LogP contribution < -0.4 is 4.90 Å². The van der Waals surface area contributed by atoms with Gasteiger partial charge in [0, 0.05) is 22.4 Å². The summed E-state index contributed by atoms with van der Waals surface area (Å²) >= 11 is 0. The molecule has 0 bridgehead atoms. The van der Waals surface area contributed by atoms with Gasteiger partial charge in [0.25, 0.3) is 0 Å². The van der Waals surface area contributed by atoms with Crippen LogP contribution in [0.3, 0.4) is 0 Å². The normalized spacial score (nSPS) is 15.5. The Morgan fingerprint density at radius 1 is 0.305 bits per heavy atom. The van der Waals surface area contributed by atoms with Gasteiger partial charge >= 0.3 is 0 Å². The smallest absolute Gasteiger partial charge is 0.0714 e. The summed E-state index contributed by atoms with van der Waals surface area (Å²) in [5, 5.41) is 0. The van der Waals surface area contributed by atoms with Gasteiger partial charge in [0.1, 0.15) is 0 Å². The average molecular weight is 754 g/mol. The fraction of sp³-hybridized carbons (Fsp3) is 0.0690. The molecule has 0 spiro atoms. The van der Waals surface area contributed by atoms with Crippen molar-refractivity contribution >= 4 is 17.1 Å².